The van der Waals surface area contributed by atoms with Crippen LogP contribution < -0.4 is 0 Å². The number of amides is 2. The Hall–Kier alpha value is -0.910. The molecule has 0 radical (unpaired) electrons. The number of urea groups is 1. The second-order valence-electron chi connectivity index (χ2n) is 4.70. The van der Waals surface area contributed by atoms with Gasteiger partial charge >= 0.3 is 12.0 Å². The molecule has 1 saturated heterocycles. The second-order valence-corrected chi connectivity index (χ2v) is 5.91. The minimum absolute atomic E-state index is 0.00417. The molecule has 2 atom stereocenters. The number of aliphatic carboxylic acids is 1. The topological polar surface area (TPSA) is 60.9 Å². The van der Waals surface area contributed by atoms with Gasteiger partial charge in [-0.25, -0.2) is 9.59 Å². The van der Waals surface area contributed by atoms with Crippen molar-refractivity contribution in [3.05, 3.63) is 0 Å². The lowest BCUT2D eigenvalue weighted by Crippen LogP contribution is -2.51. The molecule has 6 heteroatoms. The molecule has 19 heavy (non-hydrogen) atoms. The molecule has 0 aromatic heterocycles. The maximum Gasteiger partial charge on any atom is 0.327 e. The lowest BCUT2D eigenvalue weighted by molar-refractivity contribution is -0.141. The first-order valence-corrected chi connectivity index (χ1v) is 8.03. The molecule has 0 aliphatic carbocycles. The summed E-state index contributed by atoms with van der Waals surface area (Å²) in [4.78, 5) is 27.2. The van der Waals surface area contributed by atoms with Gasteiger partial charge < -0.3 is 10.0 Å². The van der Waals surface area contributed by atoms with Crippen LogP contribution in [-0.2, 0) is 4.79 Å². The van der Waals surface area contributed by atoms with Crippen molar-refractivity contribution < 1.29 is 14.7 Å². The van der Waals surface area contributed by atoms with Crippen molar-refractivity contribution in [1.82, 2.24) is 9.80 Å². The number of rotatable bonds is 6. The Bertz CT molecular complexity index is 325. The van der Waals surface area contributed by atoms with Gasteiger partial charge in [-0.3, -0.25) is 4.90 Å². The first-order chi connectivity index (χ1) is 9.06. The van der Waals surface area contributed by atoms with Crippen molar-refractivity contribution in [3.63, 3.8) is 0 Å². The number of carbonyl (C=O) groups excluding carboxylic acids is 1. The summed E-state index contributed by atoms with van der Waals surface area (Å²) in [7, 11) is 0. The first-order valence-electron chi connectivity index (χ1n) is 6.98. The Morgan fingerprint density at radius 1 is 1.32 bits per heavy atom. The third-order valence-corrected chi connectivity index (χ3v) is 4.64. The number of carboxylic acid groups (broad SMARTS) is 1. The first kappa shape index (κ1) is 16.1. The highest BCUT2D eigenvalue weighted by Crippen LogP contribution is 2.33. The zero-order valence-corrected chi connectivity index (χ0v) is 12.8. The second kappa shape index (κ2) is 7.62. The molecule has 2 amide bonds. The lowest BCUT2D eigenvalue weighted by Gasteiger charge is -2.32. The highest BCUT2D eigenvalue weighted by molar-refractivity contribution is 8.00. The van der Waals surface area contributed by atoms with E-state index < -0.39 is 12.0 Å². The smallest absolute Gasteiger partial charge is 0.327 e. The highest BCUT2D eigenvalue weighted by Gasteiger charge is 2.42. The molecule has 1 rings (SSSR count). The quantitative estimate of drug-likeness (QED) is 0.815. The van der Waals surface area contributed by atoms with Crippen molar-refractivity contribution in [3.8, 4) is 0 Å². The monoisotopic (exact) mass is 288 g/mol. The summed E-state index contributed by atoms with van der Waals surface area (Å²) in [5.74, 6) is -0.401. The van der Waals surface area contributed by atoms with E-state index in [1.807, 2.05) is 13.8 Å². The van der Waals surface area contributed by atoms with Crippen LogP contribution >= 0.6 is 11.8 Å². The van der Waals surface area contributed by atoms with E-state index in [0.717, 1.165) is 19.3 Å². The number of nitrogens with zero attached hydrogens (tertiary/aromatic N) is 2. The van der Waals surface area contributed by atoms with Crippen LogP contribution in [0.2, 0.25) is 0 Å². The third-order valence-electron chi connectivity index (χ3n) is 3.28. The predicted octanol–water partition coefficient (Wildman–Crippen LogP) is 2.47. The van der Waals surface area contributed by atoms with Crippen LogP contribution in [0.5, 0.6) is 0 Å². The Kier molecular flexibility index (Phi) is 6.48. The van der Waals surface area contributed by atoms with Crippen molar-refractivity contribution in [2.24, 2.45) is 0 Å². The van der Waals surface area contributed by atoms with Crippen LogP contribution in [0.3, 0.4) is 0 Å². The molecule has 1 aliphatic heterocycles. The summed E-state index contributed by atoms with van der Waals surface area (Å²) >= 11 is 1.58. The minimum Gasteiger partial charge on any atom is -0.480 e. The fourth-order valence-electron chi connectivity index (χ4n) is 2.30. The molecule has 1 N–H and O–H groups in total. The number of carboxylic acids is 1. The van der Waals surface area contributed by atoms with E-state index in [-0.39, 0.29) is 11.4 Å². The minimum atomic E-state index is -0.896. The van der Waals surface area contributed by atoms with E-state index in [9.17, 15) is 14.7 Å². The highest BCUT2D eigenvalue weighted by atomic mass is 32.2. The van der Waals surface area contributed by atoms with Gasteiger partial charge in [-0.1, -0.05) is 20.3 Å². The predicted molar refractivity (Wildman–Crippen MR) is 77.4 cm³/mol. The molecule has 1 aliphatic rings. The van der Waals surface area contributed by atoms with Crippen molar-refractivity contribution >= 4 is 23.8 Å². The molecule has 0 aromatic carbocycles. The van der Waals surface area contributed by atoms with Gasteiger partial charge in [-0.15, -0.1) is 11.8 Å². The fourth-order valence-corrected chi connectivity index (χ4v) is 3.81. The van der Waals surface area contributed by atoms with Crippen LogP contribution in [0.4, 0.5) is 4.79 Å². The molecule has 2 unspecified atom stereocenters. The number of thioether (sulfide) groups is 1. The summed E-state index contributed by atoms with van der Waals surface area (Å²) in [6.45, 7) is 7.32. The van der Waals surface area contributed by atoms with Crippen LogP contribution in [-0.4, -0.2) is 57.2 Å². The molecule has 0 bridgehead atoms. The Morgan fingerprint density at radius 3 is 2.47 bits per heavy atom. The van der Waals surface area contributed by atoms with Gasteiger partial charge in [0, 0.05) is 18.8 Å². The van der Waals surface area contributed by atoms with Gasteiger partial charge in [0.1, 0.15) is 6.04 Å². The maximum atomic E-state index is 12.5. The summed E-state index contributed by atoms with van der Waals surface area (Å²) in [5.41, 5.74) is 0. The van der Waals surface area contributed by atoms with Crippen LogP contribution in [0.25, 0.3) is 0 Å². The van der Waals surface area contributed by atoms with Crippen molar-refractivity contribution in [2.75, 3.05) is 18.8 Å². The summed E-state index contributed by atoms with van der Waals surface area (Å²) < 4.78 is 0. The maximum absolute atomic E-state index is 12.5. The molecule has 0 aromatic rings. The van der Waals surface area contributed by atoms with Gasteiger partial charge in [-0.2, -0.15) is 0 Å². The molecule has 1 heterocycles. The lowest BCUT2D eigenvalue weighted by atomic mass is 10.2. The van der Waals surface area contributed by atoms with E-state index in [4.69, 9.17) is 0 Å². The van der Waals surface area contributed by atoms with Gasteiger partial charge in [0.15, 0.2) is 0 Å². The zero-order valence-electron chi connectivity index (χ0n) is 12.0. The standard InChI is InChI=1S/C13H24N2O3S/c1-4-7-11-15(10(9-19-11)12(16)17)13(18)14(6-3)8-5-2/h10-11H,4-9H2,1-3H3,(H,16,17). The van der Waals surface area contributed by atoms with Gasteiger partial charge in [-0.05, 0) is 19.8 Å². The number of carbonyl (C=O) groups is 2. The van der Waals surface area contributed by atoms with E-state index in [0.29, 0.717) is 18.8 Å². The Labute approximate surface area is 119 Å². The molecule has 1 fully saturated rings. The average molecular weight is 288 g/mol. The van der Waals surface area contributed by atoms with E-state index in [2.05, 4.69) is 6.92 Å². The zero-order chi connectivity index (χ0) is 14.4. The van der Waals surface area contributed by atoms with Gasteiger partial charge in [0.05, 0.1) is 5.37 Å². The SMILES string of the molecule is CCCC1SCC(C(=O)O)N1C(=O)N(CC)CCC. The molecule has 5 nitrogen and oxygen atoms in total. The molecule has 0 spiro atoms. The van der Waals surface area contributed by atoms with E-state index in [1.165, 1.54) is 0 Å². The van der Waals surface area contributed by atoms with E-state index >= 15 is 0 Å². The molecule has 0 saturated carbocycles. The number of hydrogen-bond donors (Lipinski definition) is 1. The van der Waals surface area contributed by atoms with E-state index in [1.54, 1.807) is 21.6 Å². The summed E-state index contributed by atoms with van der Waals surface area (Å²) in [5, 5.41) is 9.28. The van der Waals surface area contributed by atoms with Crippen LogP contribution in [0.1, 0.15) is 40.0 Å². The van der Waals surface area contributed by atoms with Gasteiger partial charge in [0.2, 0.25) is 0 Å². The molecule has 110 valence electrons. The van der Waals surface area contributed by atoms with Crippen molar-refractivity contribution in [1.29, 1.82) is 0 Å². The largest absolute Gasteiger partial charge is 0.480 e. The molecular weight excluding hydrogens is 264 g/mol. The summed E-state index contributed by atoms with van der Waals surface area (Å²) in [6, 6.07) is -0.805. The Balaban J connectivity index is 2.87. The average Bonchev–Trinajstić information content (AvgIpc) is 2.79. The fraction of sp³-hybridized carbons (Fsp3) is 0.846. The van der Waals surface area contributed by atoms with Gasteiger partial charge in [0.25, 0.3) is 0 Å². The third kappa shape index (κ3) is 3.78. The van der Waals surface area contributed by atoms with Crippen LogP contribution in [0.15, 0.2) is 0 Å². The molecular formula is C13H24N2O3S. The Morgan fingerprint density at radius 2 is 2.00 bits per heavy atom. The van der Waals surface area contributed by atoms with Crippen LogP contribution in [0, 0.1) is 0 Å². The van der Waals surface area contributed by atoms with Crippen molar-refractivity contribution in [2.45, 2.75) is 51.4 Å². The normalized spacial score (nSPS) is 22.6. The summed E-state index contributed by atoms with van der Waals surface area (Å²) in [6.07, 6.45) is 2.69. The number of hydrogen-bond acceptors (Lipinski definition) is 3.